The molecule has 1 saturated carbocycles. The standard InChI is InChI=1S/C10H12O3/c11-10-12-5-9(13-10)8-4-6-1-2-7(8)3-6/h1-2,6-9H,3-5H2/t6?,7?,8?,9-/m0/s1. The molecule has 70 valence electrons. The molecule has 1 saturated heterocycles. The molecule has 2 bridgehead atoms. The van der Waals surface area contributed by atoms with Crippen LogP contribution in [0.15, 0.2) is 12.2 Å². The summed E-state index contributed by atoms with van der Waals surface area (Å²) in [5, 5.41) is 0. The van der Waals surface area contributed by atoms with Gasteiger partial charge in [0.25, 0.3) is 0 Å². The third-order valence-corrected chi connectivity index (χ3v) is 3.42. The molecule has 0 aromatic carbocycles. The Morgan fingerprint density at radius 3 is 2.77 bits per heavy atom. The van der Waals surface area contributed by atoms with E-state index in [1.807, 2.05) is 0 Å². The van der Waals surface area contributed by atoms with Crippen molar-refractivity contribution in [2.24, 2.45) is 17.8 Å². The van der Waals surface area contributed by atoms with Crippen molar-refractivity contribution in [2.45, 2.75) is 18.9 Å². The minimum atomic E-state index is -0.489. The fourth-order valence-corrected chi connectivity index (χ4v) is 2.80. The molecule has 3 aliphatic rings. The van der Waals surface area contributed by atoms with E-state index in [-0.39, 0.29) is 6.10 Å². The third kappa shape index (κ3) is 1.06. The van der Waals surface area contributed by atoms with Gasteiger partial charge in [-0.25, -0.2) is 4.79 Å². The van der Waals surface area contributed by atoms with Crippen LogP contribution in [0.3, 0.4) is 0 Å². The van der Waals surface area contributed by atoms with Crippen LogP contribution in [-0.2, 0) is 9.47 Å². The largest absolute Gasteiger partial charge is 0.508 e. The molecule has 2 aliphatic carbocycles. The van der Waals surface area contributed by atoms with E-state index in [0.717, 1.165) is 5.92 Å². The Labute approximate surface area is 76.7 Å². The van der Waals surface area contributed by atoms with Gasteiger partial charge in [-0.3, -0.25) is 0 Å². The van der Waals surface area contributed by atoms with Gasteiger partial charge in [-0.15, -0.1) is 0 Å². The van der Waals surface area contributed by atoms with E-state index in [0.29, 0.717) is 18.4 Å². The Kier molecular flexibility index (Phi) is 1.43. The van der Waals surface area contributed by atoms with Crippen molar-refractivity contribution in [1.82, 2.24) is 0 Å². The molecule has 0 N–H and O–H groups in total. The molecule has 1 heterocycles. The number of allylic oxidation sites excluding steroid dienone is 2. The van der Waals surface area contributed by atoms with E-state index < -0.39 is 6.16 Å². The predicted molar refractivity (Wildman–Crippen MR) is 45.1 cm³/mol. The number of hydrogen-bond donors (Lipinski definition) is 0. The summed E-state index contributed by atoms with van der Waals surface area (Å²) in [4.78, 5) is 10.8. The normalized spacial score (nSPS) is 46.6. The molecule has 0 amide bonds. The van der Waals surface area contributed by atoms with Crippen LogP contribution in [0.5, 0.6) is 0 Å². The summed E-state index contributed by atoms with van der Waals surface area (Å²) >= 11 is 0. The quantitative estimate of drug-likeness (QED) is 0.455. The van der Waals surface area contributed by atoms with E-state index in [4.69, 9.17) is 9.47 Å². The molecule has 1 aliphatic heterocycles. The Morgan fingerprint density at radius 2 is 2.23 bits per heavy atom. The maximum absolute atomic E-state index is 10.8. The SMILES string of the molecule is O=C1OC[C@@H](C2CC3C=CC2C3)O1. The van der Waals surface area contributed by atoms with E-state index in [2.05, 4.69) is 12.2 Å². The summed E-state index contributed by atoms with van der Waals surface area (Å²) < 4.78 is 9.90. The van der Waals surface area contributed by atoms with Gasteiger partial charge < -0.3 is 9.47 Å². The van der Waals surface area contributed by atoms with Crippen LogP contribution in [0.4, 0.5) is 4.79 Å². The summed E-state index contributed by atoms with van der Waals surface area (Å²) in [6.45, 7) is 0.459. The summed E-state index contributed by atoms with van der Waals surface area (Å²) in [7, 11) is 0. The Morgan fingerprint density at radius 1 is 1.31 bits per heavy atom. The van der Waals surface area contributed by atoms with Gasteiger partial charge in [0.05, 0.1) is 0 Å². The van der Waals surface area contributed by atoms with Crippen molar-refractivity contribution in [3.05, 3.63) is 12.2 Å². The van der Waals surface area contributed by atoms with E-state index >= 15 is 0 Å². The van der Waals surface area contributed by atoms with E-state index in [9.17, 15) is 4.79 Å². The number of cyclic esters (lactones) is 2. The number of ether oxygens (including phenoxy) is 2. The lowest BCUT2D eigenvalue weighted by molar-refractivity contribution is 0.0907. The van der Waals surface area contributed by atoms with Gasteiger partial charge >= 0.3 is 6.16 Å². The number of fused-ring (bicyclic) bond motifs is 2. The Bertz CT molecular complexity index is 271. The highest BCUT2D eigenvalue weighted by Gasteiger charge is 2.44. The van der Waals surface area contributed by atoms with Crippen LogP contribution in [-0.4, -0.2) is 18.9 Å². The van der Waals surface area contributed by atoms with Crippen LogP contribution in [0, 0.1) is 17.8 Å². The molecular formula is C10H12O3. The van der Waals surface area contributed by atoms with Gasteiger partial charge in [-0.2, -0.15) is 0 Å². The molecule has 3 heteroatoms. The maximum Gasteiger partial charge on any atom is 0.508 e. The van der Waals surface area contributed by atoms with Gasteiger partial charge in [0.15, 0.2) is 0 Å². The summed E-state index contributed by atoms with van der Waals surface area (Å²) in [5.41, 5.74) is 0. The van der Waals surface area contributed by atoms with Crippen molar-refractivity contribution >= 4 is 6.16 Å². The molecule has 0 aromatic rings. The fourth-order valence-electron chi connectivity index (χ4n) is 2.80. The minimum Gasteiger partial charge on any atom is -0.430 e. The van der Waals surface area contributed by atoms with E-state index in [1.165, 1.54) is 12.8 Å². The predicted octanol–water partition coefficient (Wildman–Crippen LogP) is 1.73. The molecule has 3 unspecified atom stereocenters. The highest BCUT2D eigenvalue weighted by molar-refractivity contribution is 5.61. The maximum atomic E-state index is 10.8. The highest BCUT2D eigenvalue weighted by Crippen LogP contribution is 2.46. The Balaban J connectivity index is 1.73. The average molecular weight is 180 g/mol. The van der Waals surface area contributed by atoms with Crippen molar-refractivity contribution in [3.63, 3.8) is 0 Å². The van der Waals surface area contributed by atoms with Crippen LogP contribution >= 0.6 is 0 Å². The van der Waals surface area contributed by atoms with Crippen LogP contribution in [0.2, 0.25) is 0 Å². The van der Waals surface area contributed by atoms with Gasteiger partial charge in [0.1, 0.15) is 12.7 Å². The van der Waals surface area contributed by atoms with Gasteiger partial charge in [-0.1, -0.05) is 12.2 Å². The lowest BCUT2D eigenvalue weighted by Crippen LogP contribution is -2.26. The van der Waals surface area contributed by atoms with Crippen molar-refractivity contribution in [3.8, 4) is 0 Å². The van der Waals surface area contributed by atoms with Gasteiger partial charge in [-0.05, 0) is 24.7 Å². The molecule has 0 aromatic heterocycles. The van der Waals surface area contributed by atoms with Crippen LogP contribution in [0.1, 0.15) is 12.8 Å². The first-order chi connectivity index (χ1) is 6.33. The van der Waals surface area contributed by atoms with Crippen molar-refractivity contribution in [2.75, 3.05) is 6.61 Å². The van der Waals surface area contributed by atoms with Gasteiger partial charge in [0.2, 0.25) is 0 Å². The zero-order valence-corrected chi connectivity index (χ0v) is 7.31. The number of carbonyl (C=O) groups is 1. The van der Waals surface area contributed by atoms with Gasteiger partial charge in [0, 0.05) is 5.92 Å². The number of hydrogen-bond acceptors (Lipinski definition) is 3. The molecule has 3 nitrogen and oxygen atoms in total. The van der Waals surface area contributed by atoms with Crippen molar-refractivity contribution in [1.29, 1.82) is 0 Å². The Hall–Kier alpha value is -0.990. The number of carbonyl (C=O) groups excluding carboxylic acids is 1. The molecule has 13 heavy (non-hydrogen) atoms. The second-order valence-corrected chi connectivity index (χ2v) is 4.16. The summed E-state index contributed by atoms with van der Waals surface area (Å²) in [6, 6.07) is 0. The monoisotopic (exact) mass is 180 g/mol. The zero-order chi connectivity index (χ0) is 8.84. The smallest absolute Gasteiger partial charge is 0.430 e. The van der Waals surface area contributed by atoms with E-state index in [1.54, 1.807) is 0 Å². The lowest BCUT2D eigenvalue weighted by Gasteiger charge is -2.21. The van der Waals surface area contributed by atoms with Crippen molar-refractivity contribution < 1.29 is 14.3 Å². The summed E-state index contributed by atoms with van der Waals surface area (Å²) in [5.74, 6) is 1.88. The molecular weight excluding hydrogens is 168 g/mol. The highest BCUT2D eigenvalue weighted by atomic mass is 16.8. The molecule has 0 radical (unpaired) electrons. The fraction of sp³-hybridized carbons (Fsp3) is 0.700. The molecule has 3 rings (SSSR count). The lowest BCUT2D eigenvalue weighted by atomic mass is 9.89. The van der Waals surface area contributed by atoms with Crippen LogP contribution in [0.25, 0.3) is 0 Å². The minimum absolute atomic E-state index is 0.0208. The average Bonchev–Trinajstić information content (AvgIpc) is 2.77. The number of rotatable bonds is 1. The van der Waals surface area contributed by atoms with Crippen LogP contribution < -0.4 is 0 Å². The first kappa shape index (κ1) is 7.42. The zero-order valence-electron chi connectivity index (χ0n) is 7.31. The second kappa shape index (κ2) is 2.50. The summed E-state index contributed by atoms with van der Waals surface area (Å²) in [6.07, 6.45) is 6.51. The first-order valence-corrected chi connectivity index (χ1v) is 4.84. The molecule has 4 atom stereocenters. The second-order valence-electron chi connectivity index (χ2n) is 4.16. The first-order valence-electron chi connectivity index (χ1n) is 4.84. The third-order valence-electron chi connectivity index (χ3n) is 3.42. The molecule has 2 fully saturated rings. The topological polar surface area (TPSA) is 35.5 Å². The molecule has 0 spiro atoms.